The summed E-state index contributed by atoms with van der Waals surface area (Å²) in [5.41, 5.74) is 9.29. The number of rotatable bonds is 4. The third-order valence-electron chi connectivity index (χ3n) is 6.35. The summed E-state index contributed by atoms with van der Waals surface area (Å²) in [4.78, 5) is 28.3. The number of carbonyl (C=O) groups is 2. The van der Waals surface area contributed by atoms with Crippen molar-refractivity contribution in [2.45, 2.75) is 51.4 Å². The maximum atomic E-state index is 12.2. The molecule has 0 spiro atoms. The molecule has 6 nitrogen and oxygen atoms in total. The number of nitriles is 1. The van der Waals surface area contributed by atoms with Crippen LogP contribution in [0.15, 0.2) is 35.9 Å². The predicted octanol–water partition coefficient (Wildman–Crippen LogP) is 2.84. The molecule has 2 unspecified atom stereocenters. The van der Waals surface area contributed by atoms with Gasteiger partial charge in [-0.2, -0.15) is 5.26 Å². The highest BCUT2D eigenvalue weighted by molar-refractivity contribution is 6.00. The van der Waals surface area contributed by atoms with Crippen LogP contribution in [0.4, 0.5) is 0 Å². The Kier molecular flexibility index (Phi) is 4.62. The number of nitrogens with zero attached hydrogens (tertiary/aromatic N) is 3. The number of imidazole rings is 1. The molecule has 1 aromatic heterocycles. The van der Waals surface area contributed by atoms with Crippen molar-refractivity contribution in [2.75, 3.05) is 0 Å². The van der Waals surface area contributed by atoms with Crippen molar-refractivity contribution in [3.63, 3.8) is 0 Å². The van der Waals surface area contributed by atoms with E-state index in [4.69, 9.17) is 10.7 Å². The quantitative estimate of drug-likeness (QED) is 0.870. The second-order valence-corrected chi connectivity index (χ2v) is 8.24. The molecule has 29 heavy (non-hydrogen) atoms. The Bertz CT molecular complexity index is 1090. The number of hydrogen-bond donors (Lipinski definition) is 1. The van der Waals surface area contributed by atoms with Gasteiger partial charge in [-0.1, -0.05) is 25.1 Å². The van der Waals surface area contributed by atoms with Gasteiger partial charge in [0.1, 0.15) is 11.9 Å². The zero-order chi connectivity index (χ0) is 20.8. The van der Waals surface area contributed by atoms with Crippen LogP contribution >= 0.6 is 0 Å². The number of ketones is 1. The van der Waals surface area contributed by atoms with Gasteiger partial charge >= 0.3 is 0 Å². The monoisotopic (exact) mass is 388 g/mol. The van der Waals surface area contributed by atoms with Crippen molar-refractivity contribution >= 4 is 11.7 Å². The number of aryl methyl sites for hydroxylation is 2. The third-order valence-corrected chi connectivity index (χ3v) is 6.35. The highest BCUT2D eigenvalue weighted by atomic mass is 16.1. The van der Waals surface area contributed by atoms with Crippen LogP contribution in [0.3, 0.4) is 0 Å². The smallest absolute Gasteiger partial charge is 0.217 e. The fourth-order valence-electron chi connectivity index (χ4n) is 4.81. The van der Waals surface area contributed by atoms with E-state index in [0.717, 1.165) is 41.3 Å². The molecule has 2 aliphatic rings. The molecule has 2 aromatic rings. The van der Waals surface area contributed by atoms with Crippen molar-refractivity contribution in [2.24, 2.45) is 11.7 Å². The van der Waals surface area contributed by atoms with Gasteiger partial charge in [0.25, 0.3) is 0 Å². The largest absolute Gasteiger partial charge is 0.370 e. The molecule has 0 fully saturated rings. The summed E-state index contributed by atoms with van der Waals surface area (Å²) in [6.07, 6.45) is 4.89. The number of allylic oxidation sites excluding steroid dienone is 2. The number of hydrogen-bond acceptors (Lipinski definition) is 4. The fourth-order valence-corrected chi connectivity index (χ4v) is 4.81. The maximum Gasteiger partial charge on any atom is 0.217 e. The number of Topliss-reactive ketones (excluding diaryl/α,β-unsaturated/α-hetero) is 1. The summed E-state index contributed by atoms with van der Waals surface area (Å²) in [5, 5.41) is 9.37. The van der Waals surface area contributed by atoms with E-state index in [1.165, 1.54) is 0 Å². The number of fused-ring (bicyclic) bond motifs is 3. The summed E-state index contributed by atoms with van der Waals surface area (Å²) in [6, 6.07) is 10.2. The van der Waals surface area contributed by atoms with Gasteiger partial charge < -0.3 is 10.3 Å². The molecule has 0 saturated carbocycles. The second-order valence-electron chi connectivity index (χ2n) is 8.24. The molecular formula is C23H24N4O2. The van der Waals surface area contributed by atoms with Crippen LogP contribution < -0.4 is 5.73 Å². The highest BCUT2D eigenvalue weighted by Gasteiger charge is 2.46. The van der Waals surface area contributed by atoms with E-state index in [-0.39, 0.29) is 23.2 Å². The summed E-state index contributed by atoms with van der Waals surface area (Å²) in [5.74, 6) is 0.686. The molecule has 4 rings (SSSR count). The zero-order valence-corrected chi connectivity index (χ0v) is 16.7. The molecule has 0 aliphatic heterocycles. The molecule has 0 radical (unpaired) electrons. The SMILES string of the molecule is Cc1nc2c(n1-c1cccc(CCC(N)=O)c1)CCC1CC(=O)C(C#N)=CC21C. The minimum atomic E-state index is -0.411. The standard InChI is InChI=1S/C23H24N4O2/c1-14-26-22-19(8-7-17-11-20(28)16(13-24)12-23(17,22)2)27(14)18-5-3-4-15(10-18)6-9-21(25)29/h3-5,10,12,17H,6-9,11H2,1-2H3,(H2,25,29). The molecule has 2 aliphatic carbocycles. The average Bonchev–Trinajstić information content (AvgIpc) is 3.04. The molecule has 0 saturated heterocycles. The lowest BCUT2D eigenvalue weighted by atomic mass is 9.62. The van der Waals surface area contributed by atoms with Crippen LogP contribution in [0.1, 0.15) is 49.0 Å². The van der Waals surface area contributed by atoms with E-state index in [9.17, 15) is 14.9 Å². The van der Waals surface area contributed by atoms with E-state index >= 15 is 0 Å². The van der Waals surface area contributed by atoms with Gasteiger partial charge in [0.05, 0.1) is 11.3 Å². The van der Waals surface area contributed by atoms with E-state index in [0.29, 0.717) is 19.3 Å². The molecular weight excluding hydrogens is 364 g/mol. The fraction of sp³-hybridized carbons (Fsp3) is 0.391. The molecule has 6 heteroatoms. The van der Waals surface area contributed by atoms with Gasteiger partial charge in [-0.05, 0) is 49.8 Å². The zero-order valence-electron chi connectivity index (χ0n) is 16.7. The number of benzene rings is 1. The Morgan fingerprint density at radius 3 is 2.97 bits per heavy atom. The van der Waals surface area contributed by atoms with Crippen LogP contribution in [0.2, 0.25) is 0 Å². The molecule has 2 N–H and O–H groups in total. The lowest BCUT2D eigenvalue weighted by molar-refractivity contribution is -0.118. The van der Waals surface area contributed by atoms with Crippen LogP contribution in [0, 0.1) is 24.2 Å². The first-order valence-electron chi connectivity index (χ1n) is 9.96. The average molecular weight is 388 g/mol. The van der Waals surface area contributed by atoms with Gasteiger partial charge in [0.2, 0.25) is 5.91 Å². The number of primary amides is 1. The first-order valence-corrected chi connectivity index (χ1v) is 9.96. The Hall–Kier alpha value is -3.20. The topological polar surface area (TPSA) is 102 Å². The Morgan fingerprint density at radius 2 is 2.24 bits per heavy atom. The van der Waals surface area contributed by atoms with E-state index < -0.39 is 5.41 Å². The lowest BCUT2D eigenvalue weighted by Crippen LogP contribution is -2.40. The van der Waals surface area contributed by atoms with Crippen molar-refractivity contribution < 1.29 is 9.59 Å². The van der Waals surface area contributed by atoms with Crippen LogP contribution in [-0.4, -0.2) is 21.2 Å². The number of amides is 1. The Morgan fingerprint density at radius 1 is 1.45 bits per heavy atom. The molecule has 1 heterocycles. The van der Waals surface area contributed by atoms with Gasteiger partial charge in [-0.15, -0.1) is 0 Å². The second kappa shape index (κ2) is 7.00. The first-order chi connectivity index (χ1) is 13.8. The number of aromatic nitrogens is 2. The van der Waals surface area contributed by atoms with Gasteiger partial charge in [-0.3, -0.25) is 9.59 Å². The van der Waals surface area contributed by atoms with Crippen LogP contribution in [-0.2, 0) is 27.8 Å². The van der Waals surface area contributed by atoms with E-state index in [1.54, 1.807) is 0 Å². The van der Waals surface area contributed by atoms with Crippen LogP contribution in [0.25, 0.3) is 5.69 Å². The summed E-state index contributed by atoms with van der Waals surface area (Å²) in [7, 11) is 0. The van der Waals surface area contributed by atoms with Gasteiger partial charge in [-0.25, -0.2) is 4.98 Å². The molecule has 2 atom stereocenters. The number of nitrogens with two attached hydrogens (primary N) is 1. The molecule has 1 aromatic carbocycles. The molecule has 1 amide bonds. The van der Waals surface area contributed by atoms with E-state index in [1.807, 2.05) is 31.2 Å². The minimum Gasteiger partial charge on any atom is -0.370 e. The van der Waals surface area contributed by atoms with Crippen molar-refractivity contribution in [3.8, 4) is 11.8 Å². The Balaban J connectivity index is 1.79. The lowest BCUT2D eigenvalue weighted by Gasteiger charge is -2.41. The first kappa shape index (κ1) is 19.1. The normalized spacial score (nSPS) is 23.0. The summed E-state index contributed by atoms with van der Waals surface area (Å²) in [6.45, 7) is 4.08. The van der Waals surface area contributed by atoms with E-state index in [2.05, 4.69) is 23.6 Å². The summed E-state index contributed by atoms with van der Waals surface area (Å²) < 4.78 is 2.17. The van der Waals surface area contributed by atoms with Crippen LogP contribution in [0.5, 0.6) is 0 Å². The minimum absolute atomic E-state index is 0.0586. The molecule has 0 bridgehead atoms. The maximum absolute atomic E-state index is 12.2. The van der Waals surface area contributed by atoms with Gasteiger partial charge in [0.15, 0.2) is 5.78 Å². The predicted molar refractivity (Wildman–Crippen MR) is 108 cm³/mol. The third kappa shape index (κ3) is 3.17. The van der Waals surface area contributed by atoms with Gasteiger partial charge in [0, 0.05) is 29.6 Å². The number of carbonyl (C=O) groups excluding carboxylic acids is 2. The van der Waals surface area contributed by atoms with Crippen molar-refractivity contribution in [3.05, 3.63) is 58.7 Å². The van der Waals surface area contributed by atoms with Crippen molar-refractivity contribution in [1.29, 1.82) is 5.26 Å². The molecule has 148 valence electrons. The Labute approximate surface area is 170 Å². The summed E-state index contributed by atoms with van der Waals surface area (Å²) >= 11 is 0. The van der Waals surface area contributed by atoms with Crippen molar-refractivity contribution in [1.82, 2.24) is 9.55 Å². The highest BCUT2D eigenvalue weighted by Crippen LogP contribution is 2.47.